The van der Waals surface area contributed by atoms with Crippen molar-refractivity contribution in [2.45, 2.75) is 243 Å². The third-order valence-electron chi connectivity index (χ3n) is 11.1. The maximum absolute atomic E-state index is 13.0. The lowest BCUT2D eigenvalue weighted by Gasteiger charge is -2.40. The molecule has 1 aliphatic heterocycles. The van der Waals surface area contributed by atoms with Gasteiger partial charge in [0.15, 0.2) is 6.29 Å². The van der Waals surface area contributed by atoms with Crippen LogP contribution in [-0.4, -0.2) is 98.7 Å². The summed E-state index contributed by atoms with van der Waals surface area (Å²) in [4.78, 5) is 13.0. The molecule has 1 fully saturated rings. The summed E-state index contributed by atoms with van der Waals surface area (Å²) in [6.07, 6.45) is 35.2. The second-order valence-electron chi connectivity index (χ2n) is 16.4. The third-order valence-corrected chi connectivity index (χ3v) is 11.1. The number of hydrogen-bond donors (Lipinski definition) is 7. The quantitative estimate of drug-likeness (QED) is 0.0183. The fourth-order valence-electron chi connectivity index (χ4n) is 7.23. The van der Waals surface area contributed by atoms with E-state index in [0.29, 0.717) is 19.3 Å². The van der Waals surface area contributed by atoms with Crippen molar-refractivity contribution in [3.05, 3.63) is 36.5 Å². The molecule has 7 N–H and O–H groups in total. The molecule has 1 saturated heterocycles. The van der Waals surface area contributed by atoms with Gasteiger partial charge in [0.1, 0.15) is 30.5 Å². The molecule has 1 amide bonds. The van der Waals surface area contributed by atoms with Gasteiger partial charge >= 0.3 is 0 Å². The minimum Gasteiger partial charge on any atom is -0.394 e. The van der Waals surface area contributed by atoms with Crippen LogP contribution in [0.5, 0.6) is 0 Å². The number of carbonyl (C=O) groups excluding carboxylic acids is 1. The molecule has 0 saturated carbocycles. The Hall–Kier alpha value is -1.63. The van der Waals surface area contributed by atoms with Crippen molar-refractivity contribution in [1.29, 1.82) is 0 Å². The van der Waals surface area contributed by atoms with Gasteiger partial charge in [-0.15, -0.1) is 0 Å². The summed E-state index contributed by atoms with van der Waals surface area (Å²) in [6, 6.07) is -1.00. The average Bonchev–Trinajstić information content (AvgIpc) is 3.21. The van der Waals surface area contributed by atoms with E-state index in [1.54, 1.807) is 6.08 Å². The van der Waals surface area contributed by atoms with Crippen molar-refractivity contribution < 1.29 is 44.9 Å². The number of hydrogen-bond acceptors (Lipinski definition) is 9. The van der Waals surface area contributed by atoms with Crippen LogP contribution in [0.1, 0.15) is 194 Å². The Morgan fingerprint density at radius 3 is 1.58 bits per heavy atom. The summed E-state index contributed by atoms with van der Waals surface area (Å²) < 4.78 is 11.1. The molecule has 10 heteroatoms. The van der Waals surface area contributed by atoms with Gasteiger partial charge in [-0.05, 0) is 32.1 Å². The predicted octanol–water partition coefficient (Wildman–Crippen LogP) is 8.64. The van der Waals surface area contributed by atoms with E-state index in [2.05, 4.69) is 37.4 Å². The Bertz CT molecular complexity index is 1010. The molecule has 1 aliphatic rings. The van der Waals surface area contributed by atoms with Crippen LogP contribution < -0.4 is 5.32 Å². The maximum atomic E-state index is 13.0. The first kappa shape index (κ1) is 53.4. The number of unbranched alkanes of at least 4 members (excludes halogenated alkanes) is 24. The Kier molecular flexibility index (Phi) is 35.0. The highest BCUT2D eigenvalue weighted by atomic mass is 16.7. The number of amides is 1. The highest BCUT2D eigenvalue weighted by molar-refractivity contribution is 5.80. The normalized spacial score (nSPS) is 21.9. The van der Waals surface area contributed by atoms with E-state index in [1.165, 1.54) is 128 Å². The number of carbonyl (C=O) groups is 1. The highest BCUT2D eigenvalue weighted by Crippen LogP contribution is 2.23. The van der Waals surface area contributed by atoms with Crippen LogP contribution in [0.15, 0.2) is 36.5 Å². The summed E-state index contributed by atoms with van der Waals surface area (Å²) in [7, 11) is 0. The standard InChI is InChI=1S/C47H87NO9/c1-3-5-7-9-11-13-15-17-18-19-20-21-22-24-26-28-30-32-34-36-41(51)46(55)48-39(38-56-47-45(54)44(53)43(52)42(37-49)57-47)40(50)35-33-31-29-27-25-23-16-14-12-10-8-6-4-2/h16,23,25,27,33,35,39-45,47,49-54H,3-15,17-22,24,26,28-32,34,36-38H2,1-2H3,(H,48,55)/b23-16+,27-25+,35-33+/t39-,40+,41+,42+,43-,44-,45+,47+/m0/s1. The molecule has 0 bridgehead atoms. The molecule has 8 atom stereocenters. The molecule has 0 radical (unpaired) electrons. The molecular formula is C47H87NO9. The van der Waals surface area contributed by atoms with Crippen LogP contribution in [-0.2, 0) is 14.3 Å². The van der Waals surface area contributed by atoms with Gasteiger partial charge in [-0.2, -0.15) is 0 Å². The first-order valence-electron chi connectivity index (χ1n) is 23.3. The minimum absolute atomic E-state index is 0.302. The third kappa shape index (κ3) is 27.7. The molecule has 0 aromatic carbocycles. The molecular weight excluding hydrogens is 723 g/mol. The van der Waals surface area contributed by atoms with Gasteiger partial charge in [-0.1, -0.05) is 198 Å². The number of ether oxygens (including phenoxy) is 2. The first-order chi connectivity index (χ1) is 27.8. The maximum Gasteiger partial charge on any atom is 0.249 e. The van der Waals surface area contributed by atoms with Gasteiger partial charge < -0.3 is 45.4 Å². The van der Waals surface area contributed by atoms with Gasteiger partial charge in [0, 0.05) is 0 Å². The van der Waals surface area contributed by atoms with Crippen molar-refractivity contribution >= 4 is 5.91 Å². The molecule has 10 nitrogen and oxygen atoms in total. The van der Waals surface area contributed by atoms with Crippen LogP contribution in [0.4, 0.5) is 0 Å². The monoisotopic (exact) mass is 810 g/mol. The fourth-order valence-corrected chi connectivity index (χ4v) is 7.23. The summed E-state index contributed by atoms with van der Waals surface area (Å²) in [5.41, 5.74) is 0. The molecule has 1 heterocycles. The number of aliphatic hydroxyl groups is 6. The SMILES string of the molecule is CCCCCCC/C=C/C=C/CC/C=C/[C@@H](O)[C@H](CO[C@@H]1O[C@H](CO)[C@H](O)[C@H](O)[C@H]1O)NC(=O)[C@H](O)CCCCCCCCCCCCCCCCCCCCC. The van der Waals surface area contributed by atoms with E-state index in [0.717, 1.165) is 32.1 Å². The molecule has 334 valence electrons. The molecule has 0 aliphatic carbocycles. The Morgan fingerprint density at radius 2 is 1.07 bits per heavy atom. The first-order valence-corrected chi connectivity index (χ1v) is 23.3. The van der Waals surface area contributed by atoms with E-state index in [1.807, 2.05) is 12.2 Å². The smallest absolute Gasteiger partial charge is 0.249 e. The van der Waals surface area contributed by atoms with Crippen LogP contribution in [0, 0.1) is 0 Å². The topological polar surface area (TPSA) is 169 Å². The van der Waals surface area contributed by atoms with Gasteiger partial charge in [0.25, 0.3) is 0 Å². The minimum atomic E-state index is -1.62. The predicted molar refractivity (Wildman–Crippen MR) is 232 cm³/mol. The summed E-state index contributed by atoms with van der Waals surface area (Å²) >= 11 is 0. The van der Waals surface area contributed by atoms with Crippen LogP contribution in [0.3, 0.4) is 0 Å². The average molecular weight is 810 g/mol. The molecule has 0 spiro atoms. The van der Waals surface area contributed by atoms with Gasteiger partial charge in [-0.3, -0.25) is 4.79 Å². The molecule has 0 aromatic heterocycles. The van der Waals surface area contributed by atoms with Crippen molar-refractivity contribution in [3.63, 3.8) is 0 Å². The zero-order chi connectivity index (χ0) is 41.8. The Morgan fingerprint density at radius 1 is 0.614 bits per heavy atom. The van der Waals surface area contributed by atoms with Gasteiger partial charge in [0.2, 0.25) is 5.91 Å². The summed E-state index contributed by atoms with van der Waals surface area (Å²) in [6.45, 7) is 3.56. The van der Waals surface area contributed by atoms with E-state index in [4.69, 9.17) is 9.47 Å². The van der Waals surface area contributed by atoms with Crippen molar-refractivity contribution in [2.75, 3.05) is 13.2 Å². The lowest BCUT2D eigenvalue weighted by molar-refractivity contribution is -0.302. The van der Waals surface area contributed by atoms with E-state index in [-0.39, 0.29) is 6.61 Å². The van der Waals surface area contributed by atoms with Crippen molar-refractivity contribution in [2.24, 2.45) is 0 Å². The van der Waals surface area contributed by atoms with Crippen molar-refractivity contribution in [1.82, 2.24) is 5.32 Å². The zero-order valence-corrected chi connectivity index (χ0v) is 36.2. The number of rotatable bonds is 38. The van der Waals surface area contributed by atoms with Crippen molar-refractivity contribution in [3.8, 4) is 0 Å². The summed E-state index contributed by atoms with van der Waals surface area (Å²) in [5.74, 6) is -0.632. The number of allylic oxidation sites excluding steroid dienone is 5. The molecule has 0 unspecified atom stereocenters. The van der Waals surface area contributed by atoms with E-state index < -0.39 is 61.5 Å². The lowest BCUT2D eigenvalue weighted by Crippen LogP contribution is -2.60. The zero-order valence-electron chi connectivity index (χ0n) is 36.2. The largest absolute Gasteiger partial charge is 0.394 e. The second-order valence-corrected chi connectivity index (χ2v) is 16.4. The Labute approximate surface area is 347 Å². The van der Waals surface area contributed by atoms with Crippen LogP contribution in [0.25, 0.3) is 0 Å². The molecule has 0 aromatic rings. The number of nitrogens with one attached hydrogen (secondary N) is 1. The lowest BCUT2D eigenvalue weighted by atomic mass is 9.99. The van der Waals surface area contributed by atoms with Gasteiger partial charge in [-0.25, -0.2) is 0 Å². The molecule has 1 rings (SSSR count). The highest BCUT2D eigenvalue weighted by Gasteiger charge is 2.44. The molecule has 57 heavy (non-hydrogen) atoms. The fraction of sp³-hybridized carbons (Fsp3) is 0.851. The van der Waals surface area contributed by atoms with Crippen LogP contribution >= 0.6 is 0 Å². The Balaban J connectivity index is 2.40. The number of aliphatic hydroxyl groups excluding tert-OH is 6. The van der Waals surface area contributed by atoms with Crippen LogP contribution in [0.2, 0.25) is 0 Å². The summed E-state index contributed by atoms with van der Waals surface area (Å²) in [5, 5.41) is 64.6. The van der Waals surface area contributed by atoms with Gasteiger partial charge in [0.05, 0.1) is 25.4 Å². The van der Waals surface area contributed by atoms with E-state index >= 15 is 0 Å². The second kappa shape index (κ2) is 37.4. The van der Waals surface area contributed by atoms with E-state index in [9.17, 15) is 35.4 Å².